The van der Waals surface area contributed by atoms with Crippen molar-refractivity contribution in [3.8, 4) is 0 Å². The number of amides is 1. The Hall–Kier alpha value is -1.36. The summed E-state index contributed by atoms with van der Waals surface area (Å²) in [5, 5.41) is 3.19. The molecule has 0 atom stereocenters. The van der Waals surface area contributed by atoms with Crippen LogP contribution in [-0.2, 0) is 4.79 Å². The molecule has 1 rings (SSSR count). The Morgan fingerprint density at radius 3 is 2.82 bits per heavy atom. The van der Waals surface area contributed by atoms with Gasteiger partial charge in [-0.1, -0.05) is 18.5 Å². The molecule has 0 bridgehead atoms. The second kappa shape index (κ2) is 6.39. The Morgan fingerprint density at radius 2 is 2.24 bits per heavy atom. The maximum Gasteiger partial charge on any atom is 0.239 e. The monoisotopic (exact) mass is 256 g/mol. The number of hydrogen-bond donors (Lipinski definition) is 1. The zero-order valence-electron chi connectivity index (χ0n) is 10.3. The topological polar surface area (TPSA) is 58.1 Å². The van der Waals surface area contributed by atoms with Crippen molar-refractivity contribution in [2.75, 3.05) is 25.0 Å². The number of rotatable bonds is 5. The second-order valence-electron chi connectivity index (χ2n) is 3.80. The molecule has 1 heterocycles. The summed E-state index contributed by atoms with van der Waals surface area (Å²) in [6.07, 6.45) is 0.925. The van der Waals surface area contributed by atoms with Crippen molar-refractivity contribution in [1.29, 1.82) is 0 Å². The van der Waals surface area contributed by atoms with Crippen LogP contribution in [-0.4, -0.2) is 36.0 Å². The Balaban J connectivity index is 2.63. The van der Waals surface area contributed by atoms with E-state index in [1.807, 2.05) is 6.92 Å². The molecular weight excluding hydrogens is 240 g/mol. The minimum Gasteiger partial charge on any atom is -0.355 e. The number of halogens is 1. The smallest absolute Gasteiger partial charge is 0.239 e. The largest absolute Gasteiger partial charge is 0.355 e. The minimum atomic E-state index is -0.0262. The summed E-state index contributed by atoms with van der Waals surface area (Å²) >= 11 is 5.84. The number of nitrogens with one attached hydrogen (secondary N) is 1. The van der Waals surface area contributed by atoms with Gasteiger partial charge in [-0.25, -0.2) is 9.97 Å². The molecule has 1 aromatic rings. The number of aromatic nitrogens is 2. The predicted octanol–water partition coefficient (Wildman–Crippen LogP) is 1.40. The van der Waals surface area contributed by atoms with Crippen LogP contribution in [0, 0.1) is 6.92 Å². The van der Waals surface area contributed by atoms with Gasteiger partial charge in [0.25, 0.3) is 0 Å². The fraction of sp³-hybridized carbons (Fsp3) is 0.545. The lowest BCUT2D eigenvalue weighted by Crippen LogP contribution is -2.35. The molecule has 0 aromatic carbocycles. The molecule has 1 amide bonds. The lowest BCUT2D eigenvalue weighted by molar-refractivity contribution is -0.119. The van der Waals surface area contributed by atoms with Gasteiger partial charge in [0.15, 0.2) is 0 Å². The number of carbonyl (C=O) groups excluding carboxylic acids is 1. The van der Waals surface area contributed by atoms with Crippen LogP contribution in [0.2, 0.25) is 5.15 Å². The van der Waals surface area contributed by atoms with E-state index in [-0.39, 0.29) is 12.5 Å². The van der Waals surface area contributed by atoms with Crippen molar-refractivity contribution in [3.05, 3.63) is 17.0 Å². The first-order valence-electron chi connectivity index (χ1n) is 5.52. The van der Waals surface area contributed by atoms with Crippen molar-refractivity contribution in [1.82, 2.24) is 15.3 Å². The molecule has 0 radical (unpaired) electrons. The highest BCUT2D eigenvalue weighted by Crippen LogP contribution is 2.14. The van der Waals surface area contributed by atoms with Gasteiger partial charge in [0.05, 0.1) is 6.54 Å². The zero-order valence-corrected chi connectivity index (χ0v) is 11.1. The molecular formula is C11H17ClN4O. The molecule has 0 spiro atoms. The van der Waals surface area contributed by atoms with Gasteiger partial charge in [0, 0.05) is 19.7 Å². The normalized spacial score (nSPS) is 10.1. The van der Waals surface area contributed by atoms with E-state index in [1.54, 1.807) is 24.9 Å². The Labute approximate surface area is 106 Å². The Kier molecular flexibility index (Phi) is 5.15. The molecule has 0 fully saturated rings. The summed E-state index contributed by atoms with van der Waals surface area (Å²) in [7, 11) is 1.80. The molecule has 0 aliphatic carbocycles. The molecule has 0 aliphatic heterocycles. The number of aryl methyl sites for hydroxylation is 1. The standard InChI is InChI=1S/C11H17ClN4O/c1-4-5-13-11(17)7-16(3)10-6-9(12)14-8(2)15-10/h6H,4-5,7H2,1-3H3,(H,13,17). The van der Waals surface area contributed by atoms with Gasteiger partial charge in [0.2, 0.25) is 5.91 Å². The molecule has 0 aliphatic rings. The lowest BCUT2D eigenvalue weighted by atomic mass is 10.4. The van der Waals surface area contributed by atoms with E-state index in [0.29, 0.717) is 23.3 Å². The average molecular weight is 257 g/mol. The van der Waals surface area contributed by atoms with E-state index in [4.69, 9.17) is 11.6 Å². The third-order valence-electron chi connectivity index (χ3n) is 2.14. The molecule has 6 heteroatoms. The minimum absolute atomic E-state index is 0.0262. The predicted molar refractivity (Wildman–Crippen MR) is 68.3 cm³/mol. The van der Waals surface area contributed by atoms with E-state index in [1.165, 1.54) is 0 Å². The second-order valence-corrected chi connectivity index (χ2v) is 4.19. The van der Waals surface area contributed by atoms with Crippen LogP contribution >= 0.6 is 11.6 Å². The number of hydrogen-bond acceptors (Lipinski definition) is 4. The van der Waals surface area contributed by atoms with Crippen LogP contribution in [0.3, 0.4) is 0 Å². The summed E-state index contributed by atoms with van der Waals surface area (Å²) < 4.78 is 0. The molecule has 17 heavy (non-hydrogen) atoms. The Morgan fingerprint density at radius 1 is 1.53 bits per heavy atom. The van der Waals surface area contributed by atoms with Gasteiger partial charge < -0.3 is 10.2 Å². The van der Waals surface area contributed by atoms with Crippen molar-refractivity contribution in [3.63, 3.8) is 0 Å². The average Bonchev–Trinajstić information content (AvgIpc) is 2.25. The van der Waals surface area contributed by atoms with Crippen LogP contribution in [0.1, 0.15) is 19.2 Å². The van der Waals surface area contributed by atoms with Crippen LogP contribution < -0.4 is 10.2 Å². The number of likely N-dealkylation sites (N-methyl/N-ethyl adjacent to an activating group) is 1. The van der Waals surface area contributed by atoms with Gasteiger partial charge in [-0.2, -0.15) is 0 Å². The summed E-state index contributed by atoms with van der Waals surface area (Å²) in [5.74, 6) is 1.21. The molecule has 0 saturated heterocycles. The van der Waals surface area contributed by atoms with E-state index in [0.717, 1.165) is 6.42 Å². The highest BCUT2D eigenvalue weighted by Gasteiger charge is 2.09. The van der Waals surface area contributed by atoms with E-state index in [2.05, 4.69) is 15.3 Å². The fourth-order valence-corrected chi connectivity index (χ4v) is 1.55. The first kappa shape index (κ1) is 13.7. The van der Waals surface area contributed by atoms with Crippen molar-refractivity contribution < 1.29 is 4.79 Å². The van der Waals surface area contributed by atoms with Gasteiger partial charge in [-0.05, 0) is 13.3 Å². The van der Waals surface area contributed by atoms with Gasteiger partial charge in [-0.15, -0.1) is 0 Å². The maximum atomic E-state index is 11.5. The third-order valence-corrected chi connectivity index (χ3v) is 2.33. The third kappa shape index (κ3) is 4.56. The van der Waals surface area contributed by atoms with Gasteiger partial charge in [0.1, 0.15) is 16.8 Å². The van der Waals surface area contributed by atoms with E-state index < -0.39 is 0 Å². The van der Waals surface area contributed by atoms with E-state index in [9.17, 15) is 4.79 Å². The Bertz CT molecular complexity index is 377. The van der Waals surface area contributed by atoms with Crippen LogP contribution in [0.25, 0.3) is 0 Å². The van der Waals surface area contributed by atoms with Gasteiger partial charge in [-0.3, -0.25) is 4.79 Å². The first-order chi connectivity index (χ1) is 8.02. The summed E-state index contributed by atoms with van der Waals surface area (Å²) in [5.41, 5.74) is 0. The lowest BCUT2D eigenvalue weighted by Gasteiger charge is -2.17. The summed E-state index contributed by atoms with van der Waals surface area (Å²) in [4.78, 5) is 21.5. The molecule has 0 unspecified atom stereocenters. The molecule has 1 N–H and O–H groups in total. The maximum absolute atomic E-state index is 11.5. The van der Waals surface area contributed by atoms with Gasteiger partial charge >= 0.3 is 0 Å². The molecule has 5 nitrogen and oxygen atoms in total. The number of nitrogens with zero attached hydrogens (tertiary/aromatic N) is 3. The SMILES string of the molecule is CCCNC(=O)CN(C)c1cc(Cl)nc(C)n1. The van der Waals surface area contributed by atoms with Crippen LogP contribution in [0.15, 0.2) is 6.07 Å². The quantitative estimate of drug-likeness (QED) is 0.809. The molecule has 94 valence electrons. The molecule has 1 aromatic heterocycles. The first-order valence-corrected chi connectivity index (χ1v) is 5.89. The van der Waals surface area contributed by atoms with Crippen molar-refractivity contribution >= 4 is 23.3 Å². The highest BCUT2D eigenvalue weighted by molar-refractivity contribution is 6.29. The van der Waals surface area contributed by atoms with Crippen molar-refractivity contribution in [2.45, 2.75) is 20.3 Å². The fourth-order valence-electron chi connectivity index (χ4n) is 1.33. The number of anilines is 1. The van der Waals surface area contributed by atoms with Crippen LogP contribution in [0.4, 0.5) is 5.82 Å². The van der Waals surface area contributed by atoms with E-state index >= 15 is 0 Å². The van der Waals surface area contributed by atoms with Crippen LogP contribution in [0.5, 0.6) is 0 Å². The zero-order chi connectivity index (χ0) is 12.8. The molecule has 0 saturated carbocycles. The van der Waals surface area contributed by atoms with Crippen molar-refractivity contribution in [2.24, 2.45) is 0 Å². The summed E-state index contributed by atoms with van der Waals surface area (Å²) in [6.45, 7) is 4.72. The number of carbonyl (C=O) groups is 1. The highest BCUT2D eigenvalue weighted by atomic mass is 35.5. The summed E-state index contributed by atoms with van der Waals surface area (Å²) in [6, 6.07) is 1.64.